The molecule has 0 aliphatic heterocycles. The maximum atomic E-state index is 2.24. The van der Waals surface area contributed by atoms with Gasteiger partial charge in [-0.15, -0.1) is 0 Å². The first-order valence-electron chi connectivity index (χ1n) is 5.11. The van der Waals surface area contributed by atoms with E-state index in [-0.39, 0.29) is 0 Å². The Morgan fingerprint density at radius 3 is 1.47 bits per heavy atom. The maximum Gasteiger partial charge on any atom is 0 e. The van der Waals surface area contributed by atoms with Crippen LogP contribution in [0.25, 0.3) is 11.1 Å². The average Bonchev–Trinajstić information content (AvgIpc) is 2.29. The molecule has 0 amide bonds. The Morgan fingerprint density at radius 2 is 1.00 bits per heavy atom. The van der Waals surface area contributed by atoms with Gasteiger partial charge in [0.2, 0.25) is 0 Å². The van der Waals surface area contributed by atoms with Crippen molar-refractivity contribution in [3.8, 4) is 11.1 Å². The molecule has 15 heavy (non-hydrogen) atoms. The second-order valence-corrected chi connectivity index (χ2v) is 3.81. The molecule has 0 spiro atoms. The molecule has 1 aliphatic carbocycles. The van der Waals surface area contributed by atoms with Crippen molar-refractivity contribution in [3.05, 3.63) is 59.7 Å². The van der Waals surface area contributed by atoms with E-state index in [1.165, 1.54) is 35.1 Å². The molecule has 0 heterocycles. The summed E-state index contributed by atoms with van der Waals surface area (Å²) >= 11 is 0. The molecule has 1 heteroatoms. The van der Waals surface area contributed by atoms with Crippen LogP contribution in [0.3, 0.4) is 0 Å². The number of aryl methyl sites for hydroxylation is 2. The molecule has 0 saturated carbocycles. The van der Waals surface area contributed by atoms with Crippen molar-refractivity contribution < 1.29 is 0 Å². The van der Waals surface area contributed by atoms with Gasteiger partial charge in [-0.1, -0.05) is 48.5 Å². The summed E-state index contributed by atoms with van der Waals surface area (Å²) in [5, 5.41) is 0. The van der Waals surface area contributed by atoms with Crippen LogP contribution >= 0.6 is 0 Å². The Balaban J connectivity index is 0.000000853. The third-order valence-electron chi connectivity index (χ3n) is 2.99. The van der Waals surface area contributed by atoms with Crippen molar-refractivity contribution in [3.63, 3.8) is 0 Å². The molecule has 0 N–H and O–H groups in total. The fourth-order valence-corrected chi connectivity index (χ4v) is 2.27. The molecule has 0 radical (unpaired) electrons. The van der Waals surface area contributed by atoms with Crippen LogP contribution in [0.15, 0.2) is 48.5 Å². The molecule has 2 aromatic rings. The largest absolute Gasteiger partial charge is 0.0620 e. The molecule has 0 nitrogen and oxygen atoms in total. The van der Waals surface area contributed by atoms with E-state index in [1.54, 1.807) is 0 Å². The molecule has 0 atom stereocenters. The smallest absolute Gasteiger partial charge is 0 e. The molecule has 2 aromatic carbocycles. The standard InChI is InChI=1S/C14H12.No/c1-3-7-13-11(5-1)9-10-12-6-2-4-8-14(12)13;/h1-8H,9-10H2;. The van der Waals surface area contributed by atoms with E-state index in [9.17, 15) is 0 Å². The van der Waals surface area contributed by atoms with Crippen molar-refractivity contribution in [1.29, 1.82) is 0 Å². The zero-order valence-corrected chi connectivity index (χ0v) is 10.5. The van der Waals surface area contributed by atoms with Crippen LogP contribution in [0.2, 0.25) is 0 Å². The topological polar surface area (TPSA) is 0 Å². The summed E-state index contributed by atoms with van der Waals surface area (Å²) in [4.78, 5) is 0. The first-order valence-corrected chi connectivity index (χ1v) is 5.11. The van der Waals surface area contributed by atoms with Gasteiger partial charge in [-0.3, -0.25) is 0 Å². The molecule has 3 rings (SSSR count). The summed E-state index contributed by atoms with van der Waals surface area (Å²) in [5.41, 5.74) is 5.83. The molecule has 0 saturated heterocycles. The second-order valence-electron chi connectivity index (χ2n) is 3.81. The monoisotopic (exact) mass is 439 g/mol. The Labute approximate surface area is 84.2 Å². The predicted octanol–water partition coefficient (Wildman–Crippen LogP) is 3.45. The number of hydrogen-bond donors (Lipinski definition) is 0. The summed E-state index contributed by atoms with van der Waals surface area (Å²) in [7, 11) is 0. The summed E-state index contributed by atoms with van der Waals surface area (Å²) in [5.74, 6) is 0. The van der Waals surface area contributed by atoms with Gasteiger partial charge in [-0.2, -0.15) is 0 Å². The van der Waals surface area contributed by atoms with E-state index in [2.05, 4.69) is 48.5 Å². The van der Waals surface area contributed by atoms with E-state index in [0.29, 0.717) is 0 Å². The number of fused-ring (bicyclic) bond motifs is 3. The number of hydrogen-bond acceptors (Lipinski definition) is 0. The van der Waals surface area contributed by atoms with E-state index < -0.39 is 0 Å². The van der Waals surface area contributed by atoms with Gasteiger partial charge < -0.3 is 0 Å². The van der Waals surface area contributed by atoms with Crippen LogP contribution < -0.4 is 0 Å². The van der Waals surface area contributed by atoms with Gasteiger partial charge in [0.1, 0.15) is 0 Å². The van der Waals surface area contributed by atoms with Crippen LogP contribution in [-0.4, -0.2) is 0 Å². The SMILES string of the molecule is [No].c1ccc2c(c1)CCc1ccccc1-2. The predicted molar refractivity (Wildman–Crippen MR) is 59.3 cm³/mol. The molecular weight excluding hydrogens is 427 g/mol. The molecule has 0 bridgehead atoms. The summed E-state index contributed by atoms with van der Waals surface area (Å²) in [6.45, 7) is 0. The van der Waals surface area contributed by atoms with Crippen LogP contribution in [0.1, 0.15) is 11.1 Å². The van der Waals surface area contributed by atoms with Crippen molar-refractivity contribution in [2.75, 3.05) is 0 Å². The molecular formula is C14H12No. The Bertz CT molecular complexity index is 429. The van der Waals surface area contributed by atoms with Gasteiger partial charge in [0, 0.05) is 0 Å². The first kappa shape index (κ1) is 9.01. The Kier molecular flexibility index (Phi) is 1.98. The summed E-state index contributed by atoms with van der Waals surface area (Å²) < 4.78 is 0. The van der Waals surface area contributed by atoms with E-state index in [1.807, 2.05) is 0 Å². The third kappa shape index (κ3) is 1.26. The Hall–Kier alpha value is -2.56. The van der Waals surface area contributed by atoms with E-state index >= 15 is 0 Å². The third-order valence-corrected chi connectivity index (χ3v) is 2.99. The number of rotatable bonds is 0. The van der Waals surface area contributed by atoms with Crippen molar-refractivity contribution >= 4 is 0 Å². The normalized spacial score (nSPS) is 12.3. The minimum atomic E-state index is 0. The fourth-order valence-electron chi connectivity index (χ4n) is 2.27. The van der Waals surface area contributed by atoms with Crippen LogP contribution in [0.4, 0.5) is 0 Å². The molecule has 0 fully saturated rings. The molecule has 82 valence electrons. The minimum Gasteiger partial charge on any atom is -0.0620 e. The Morgan fingerprint density at radius 1 is 0.600 bits per heavy atom. The van der Waals surface area contributed by atoms with Crippen molar-refractivity contribution in [1.82, 2.24) is 0 Å². The number of benzene rings is 2. The van der Waals surface area contributed by atoms with E-state index in [0.717, 1.165) is 0 Å². The van der Waals surface area contributed by atoms with Gasteiger partial charge in [0.05, 0.1) is 0 Å². The molecule has 1 aliphatic rings. The average molecular weight is 439 g/mol. The van der Waals surface area contributed by atoms with Crippen LogP contribution in [0, 0.1) is 0 Å². The maximum absolute atomic E-state index is 2.24. The molecule has 0 aromatic heterocycles. The van der Waals surface area contributed by atoms with Crippen LogP contribution in [-0.2, 0) is 12.8 Å². The fraction of sp³-hybridized carbons (Fsp3) is 0.143. The summed E-state index contributed by atoms with van der Waals surface area (Å²) in [6, 6.07) is 17.5. The van der Waals surface area contributed by atoms with Crippen molar-refractivity contribution in [2.24, 2.45) is 0 Å². The molecule has 0 unspecified atom stereocenters. The van der Waals surface area contributed by atoms with Gasteiger partial charge in [-0.05, 0) is 35.1 Å². The zero-order valence-electron chi connectivity index (χ0n) is 8.30. The first-order chi connectivity index (χ1) is 6.95. The second kappa shape index (κ2) is 3.30. The van der Waals surface area contributed by atoms with Crippen molar-refractivity contribution in [2.45, 2.75) is 12.8 Å². The minimum absolute atomic E-state index is 0. The quantitative estimate of drug-likeness (QED) is 0.590. The summed E-state index contributed by atoms with van der Waals surface area (Å²) in [6.07, 6.45) is 2.38. The van der Waals surface area contributed by atoms with Gasteiger partial charge in [0.25, 0.3) is 0 Å². The van der Waals surface area contributed by atoms with Gasteiger partial charge >= 0.3 is 0 Å². The van der Waals surface area contributed by atoms with Gasteiger partial charge in [-0.25, -0.2) is 0 Å². The van der Waals surface area contributed by atoms with Crippen LogP contribution in [0.5, 0.6) is 0 Å². The van der Waals surface area contributed by atoms with E-state index in [4.69, 9.17) is 0 Å². The zero-order chi connectivity index (χ0) is 9.38. The van der Waals surface area contributed by atoms with Gasteiger partial charge in [0.15, 0.2) is 0 Å².